The molecule has 0 N–H and O–H groups in total. The van der Waals surface area contributed by atoms with E-state index in [-0.39, 0.29) is 24.0 Å². The van der Waals surface area contributed by atoms with Gasteiger partial charge in [-0.05, 0) is 50.7 Å². The Morgan fingerprint density at radius 1 is 1.29 bits per heavy atom. The van der Waals surface area contributed by atoms with Crippen molar-refractivity contribution >= 4 is 11.8 Å². The molecule has 0 aromatic carbocycles. The van der Waals surface area contributed by atoms with Crippen molar-refractivity contribution in [2.45, 2.75) is 51.2 Å². The highest BCUT2D eigenvalue weighted by Gasteiger charge is 2.43. The molecule has 0 radical (unpaired) electrons. The molecule has 4 rings (SSSR count). The highest BCUT2D eigenvalue weighted by atomic mass is 16.5. The van der Waals surface area contributed by atoms with Crippen molar-refractivity contribution in [3.05, 3.63) is 23.9 Å². The Morgan fingerprint density at radius 2 is 2.18 bits per heavy atom. The van der Waals surface area contributed by atoms with Crippen LogP contribution in [0.4, 0.5) is 0 Å². The molecule has 2 amide bonds. The third-order valence-electron chi connectivity index (χ3n) is 6.10. The van der Waals surface area contributed by atoms with Gasteiger partial charge in [-0.1, -0.05) is 0 Å². The second kappa shape index (κ2) is 8.47. The highest BCUT2D eigenvalue weighted by molar-refractivity contribution is 5.96. The second-order valence-electron chi connectivity index (χ2n) is 7.90. The third-order valence-corrected chi connectivity index (χ3v) is 6.10. The summed E-state index contributed by atoms with van der Waals surface area (Å²) >= 11 is 0. The van der Waals surface area contributed by atoms with E-state index in [0.29, 0.717) is 43.5 Å². The van der Waals surface area contributed by atoms with Gasteiger partial charge in [0.15, 0.2) is 0 Å². The van der Waals surface area contributed by atoms with E-state index in [1.54, 1.807) is 18.3 Å². The monoisotopic (exact) mass is 387 g/mol. The number of carbonyl (C=O) groups excluding carboxylic acids is 2. The Balaban J connectivity index is 1.46. The molecule has 0 aliphatic carbocycles. The van der Waals surface area contributed by atoms with E-state index < -0.39 is 0 Å². The van der Waals surface area contributed by atoms with Gasteiger partial charge in [0, 0.05) is 32.4 Å². The van der Waals surface area contributed by atoms with E-state index in [9.17, 15) is 9.59 Å². The number of hydrogen-bond acceptors (Lipinski definition) is 5. The summed E-state index contributed by atoms with van der Waals surface area (Å²) < 4.78 is 11.2. The van der Waals surface area contributed by atoms with E-state index in [1.807, 2.05) is 16.7 Å². The minimum atomic E-state index is -0.0420. The summed E-state index contributed by atoms with van der Waals surface area (Å²) in [5, 5.41) is 0. The summed E-state index contributed by atoms with van der Waals surface area (Å²) in [6, 6.07) is 3.62. The van der Waals surface area contributed by atoms with Crippen LogP contribution in [0.5, 0.6) is 5.88 Å². The minimum absolute atomic E-state index is 0.0420. The normalized spacial score (nSPS) is 27.0. The van der Waals surface area contributed by atoms with Crippen LogP contribution >= 0.6 is 0 Å². The second-order valence-corrected chi connectivity index (χ2v) is 7.90. The van der Waals surface area contributed by atoms with Crippen molar-refractivity contribution in [3.8, 4) is 5.88 Å². The van der Waals surface area contributed by atoms with Crippen molar-refractivity contribution in [1.29, 1.82) is 0 Å². The molecule has 152 valence electrons. The first kappa shape index (κ1) is 19.2. The summed E-state index contributed by atoms with van der Waals surface area (Å²) in [5.41, 5.74) is 0.508. The van der Waals surface area contributed by atoms with Crippen molar-refractivity contribution in [2.24, 2.45) is 5.92 Å². The van der Waals surface area contributed by atoms with Crippen molar-refractivity contribution in [3.63, 3.8) is 0 Å². The van der Waals surface area contributed by atoms with Gasteiger partial charge in [0.2, 0.25) is 11.8 Å². The van der Waals surface area contributed by atoms with Gasteiger partial charge >= 0.3 is 0 Å². The zero-order valence-electron chi connectivity index (χ0n) is 16.5. The number of piperidine rings is 1. The Kier molecular flexibility index (Phi) is 5.80. The molecule has 0 spiro atoms. The molecule has 3 saturated heterocycles. The first-order valence-corrected chi connectivity index (χ1v) is 10.5. The lowest BCUT2D eigenvalue weighted by Crippen LogP contribution is -2.48. The Hall–Kier alpha value is -2.15. The molecule has 3 aliphatic rings. The van der Waals surface area contributed by atoms with E-state index in [1.165, 1.54) is 0 Å². The molecule has 4 heterocycles. The molecule has 0 bridgehead atoms. The average Bonchev–Trinajstić information content (AvgIpc) is 3.37. The molecule has 7 nitrogen and oxygen atoms in total. The van der Waals surface area contributed by atoms with Gasteiger partial charge < -0.3 is 19.3 Å². The fourth-order valence-electron chi connectivity index (χ4n) is 4.73. The number of hydrogen-bond donors (Lipinski definition) is 0. The fraction of sp³-hybridized carbons (Fsp3) is 0.667. The number of fused-ring (bicyclic) bond motifs is 1. The zero-order valence-corrected chi connectivity index (χ0v) is 16.5. The van der Waals surface area contributed by atoms with Crippen molar-refractivity contribution < 1.29 is 19.1 Å². The maximum Gasteiger partial charge on any atom is 0.259 e. The van der Waals surface area contributed by atoms with Crippen molar-refractivity contribution in [2.75, 3.05) is 32.8 Å². The van der Waals surface area contributed by atoms with Crippen LogP contribution in [0.1, 0.15) is 49.4 Å². The van der Waals surface area contributed by atoms with Gasteiger partial charge in [-0.25, -0.2) is 4.98 Å². The van der Waals surface area contributed by atoms with Crippen LogP contribution in [0.3, 0.4) is 0 Å². The van der Waals surface area contributed by atoms with Crippen LogP contribution in [0.25, 0.3) is 0 Å². The van der Waals surface area contributed by atoms with Gasteiger partial charge in [0.1, 0.15) is 5.56 Å². The highest BCUT2D eigenvalue weighted by Crippen LogP contribution is 2.33. The van der Waals surface area contributed by atoms with E-state index in [0.717, 1.165) is 38.8 Å². The lowest BCUT2D eigenvalue weighted by molar-refractivity contribution is -0.132. The number of pyridine rings is 1. The number of nitrogens with zero attached hydrogens (tertiary/aromatic N) is 3. The fourth-order valence-corrected chi connectivity index (χ4v) is 4.73. The predicted molar refractivity (Wildman–Crippen MR) is 103 cm³/mol. The molecule has 3 atom stereocenters. The molecular formula is C21H29N3O4. The molecule has 7 heteroatoms. The van der Waals surface area contributed by atoms with Crippen LogP contribution in [0.2, 0.25) is 0 Å². The number of aromatic nitrogens is 1. The SMILES string of the molecule is CCOc1ncccc1C(=O)N1CCC[C@H]2CN(C(=O)CC3CCCO3)C[C@H]21. The van der Waals surface area contributed by atoms with Gasteiger partial charge in [0.25, 0.3) is 5.91 Å². The van der Waals surface area contributed by atoms with Crippen LogP contribution < -0.4 is 4.74 Å². The smallest absolute Gasteiger partial charge is 0.259 e. The maximum atomic E-state index is 13.3. The third kappa shape index (κ3) is 3.85. The predicted octanol–water partition coefficient (Wildman–Crippen LogP) is 2.11. The summed E-state index contributed by atoms with van der Waals surface area (Å²) in [7, 11) is 0. The van der Waals surface area contributed by atoms with E-state index >= 15 is 0 Å². The summed E-state index contributed by atoms with van der Waals surface area (Å²) in [5.74, 6) is 0.851. The first-order valence-electron chi connectivity index (χ1n) is 10.5. The van der Waals surface area contributed by atoms with Crippen molar-refractivity contribution in [1.82, 2.24) is 14.8 Å². The molecule has 1 aromatic heterocycles. The number of carbonyl (C=O) groups is 2. The molecule has 3 aliphatic heterocycles. The lowest BCUT2D eigenvalue weighted by Gasteiger charge is -2.37. The molecule has 1 unspecified atom stereocenters. The van der Waals surface area contributed by atoms with Gasteiger partial charge in [-0.15, -0.1) is 0 Å². The summed E-state index contributed by atoms with van der Waals surface area (Å²) in [4.78, 5) is 34.1. The summed E-state index contributed by atoms with van der Waals surface area (Å²) in [6.45, 7) is 5.19. The Morgan fingerprint density at radius 3 is 2.96 bits per heavy atom. The first-order chi connectivity index (χ1) is 13.7. The van der Waals surface area contributed by atoms with E-state index in [2.05, 4.69) is 4.98 Å². The number of amides is 2. The van der Waals surface area contributed by atoms with Gasteiger partial charge in [-0.3, -0.25) is 9.59 Å². The van der Waals surface area contributed by atoms with E-state index in [4.69, 9.17) is 9.47 Å². The molecular weight excluding hydrogens is 358 g/mol. The van der Waals surface area contributed by atoms with Crippen LogP contribution in [-0.4, -0.2) is 71.6 Å². The Bertz CT molecular complexity index is 719. The lowest BCUT2D eigenvalue weighted by atomic mass is 9.91. The largest absolute Gasteiger partial charge is 0.477 e. The zero-order chi connectivity index (χ0) is 19.5. The van der Waals surface area contributed by atoms with Crippen LogP contribution in [0.15, 0.2) is 18.3 Å². The Labute approximate surface area is 166 Å². The molecule has 3 fully saturated rings. The molecule has 28 heavy (non-hydrogen) atoms. The topological polar surface area (TPSA) is 72.0 Å². The molecule has 1 aromatic rings. The quantitative estimate of drug-likeness (QED) is 0.774. The summed E-state index contributed by atoms with van der Waals surface area (Å²) in [6.07, 6.45) is 6.20. The van der Waals surface area contributed by atoms with Crippen LogP contribution in [-0.2, 0) is 9.53 Å². The van der Waals surface area contributed by atoms with Gasteiger partial charge in [0.05, 0.1) is 25.2 Å². The number of likely N-dealkylation sites (tertiary alicyclic amines) is 2. The van der Waals surface area contributed by atoms with Crippen LogP contribution in [0, 0.1) is 5.92 Å². The van der Waals surface area contributed by atoms with Gasteiger partial charge in [-0.2, -0.15) is 0 Å². The minimum Gasteiger partial charge on any atom is -0.477 e. The standard InChI is InChI=1S/C21H29N3O4/c1-2-27-20-17(8-3-9-22-20)21(26)24-10-4-6-15-13-23(14-18(15)24)19(25)12-16-7-5-11-28-16/h3,8-9,15-16,18H,2,4-7,10-14H2,1H3/t15-,16?,18+/m0/s1. The maximum absolute atomic E-state index is 13.3. The number of rotatable bonds is 5. The number of ether oxygens (including phenoxy) is 2. The average molecular weight is 387 g/mol. The molecule has 0 saturated carbocycles.